The molecule has 1 aromatic carbocycles. The summed E-state index contributed by atoms with van der Waals surface area (Å²) in [6.07, 6.45) is 0.421. The van der Waals surface area contributed by atoms with Crippen LogP contribution in [0.15, 0.2) is 49.1 Å². The van der Waals surface area contributed by atoms with Gasteiger partial charge in [-0.1, -0.05) is 71.2 Å². The van der Waals surface area contributed by atoms with E-state index in [4.69, 9.17) is 4.74 Å². The summed E-state index contributed by atoms with van der Waals surface area (Å²) in [5.41, 5.74) is 2.08. The number of esters is 1. The van der Waals surface area contributed by atoms with Crippen molar-refractivity contribution < 1.29 is 19.1 Å². The number of methoxy groups -OCH3 is 1. The summed E-state index contributed by atoms with van der Waals surface area (Å²) >= 11 is 0. The molecule has 0 aliphatic heterocycles. The van der Waals surface area contributed by atoms with Crippen LogP contribution in [0.2, 0.25) is 0 Å². The predicted molar refractivity (Wildman–Crippen MR) is 124 cm³/mol. The third-order valence-corrected chi connectivity index (χ3v) is 5.24. The molecule has 1 aromatic rings. The maximum atomic E-state index is 13.0. The van der Waals surface area contributed by atoms with Crippen LogP contribution in [0.3, 0.4) is 0 Å². The fourth-order valence-corrected chi connectivity index (χ4v) is 3.06. The Morgan fingerprint density at radius 3 is 2.00 bits per heavy atom. The van der Waals surface area contributed by atoms with Gasteiger partial charge in [-0.15, -0.1) is 0 Å². The van der Waals surface area contributed by atoms with Gasteiger partial charge in [0, 0.05) is 0 Å². The van der Waals surface area contributed by atoms with Crippen LogP contribution >= 0.6 is 0 Å². The second kappa shape index (κ2) is 12.1. The maximum absolute atomic E-state index is 13.0. The lowest BCUT2D eigenvalue weighted by atomic mass is 9.93. The minimum atomic E-state index is -0.972. The summed E-state index contributed by atoms with van der Waals surface area (Å²) in [7, 11) is 1.26. The number of amides is 2. The van der Waals surface area contributed by atoms with E-state index >= 15 is 0 Å². The normalized spacial score (nSPS) is 13.8. The smallest absolute Gasteiger partial charge is 0.332 e. The molecule has 2 amide bonds. The Balaban J connectivity index is 2.99. The summed E-state index contributed by atoms with van der Waals surface area (Å²) in [4.78, 5) is 38.2. The SMILES string of the molecule is C=C(c1ccccc1)[C@H](C)C(=O)N[C@@H](CC(C)C)C(=O)N[C@@H](C(=C)C(C)C)C(=O)OC. The third-order valence-electron chi connectivity index (χ3n) is 5.24. The van der Waals surface area contributed by atoms with Crippen LogP contribution in [0.25, 0.3) is 5.57 Å². The molecule has 0 saturated carbocycles. The van der Waals surface area contributed by atoms with Gasteiger partial charge < -0.3 is 15.4 Å². The van der Waals surface area contributed by atoms with Crippen molar-refractivity contribution in [3.63, 3.8) is 0 Å². The van der Waals surface area contributed by atoms with Gasteiger partial charge in [0.25, 0.3) is 0 Å². The molecule has 6 heteroatoms. The molecule has 0 saturated heterocycles. The van der Waals surface area contributed by atoms with E-state index in [9.17, 15) is 14.4 Å². The second-order valence-corrected chi connectivity index (χ2v) is 8.50. The molecule has 0 fully saturated rings. The Labute approximate surface area is 186 Å². The first-order valence-electron chi connectivity index (χ1n) is 10.6. The lowest BCUT2D eigenvalue weighted by molar-refractivity contribution is -0.144. The summed E-state index contributed by atoms with van der Waals surface area (Å²) in [6.45, 7) is 17.4. The van der Waals surface area contributed by atoms with Crippen molar-refractivity contribution >= 4 is 23.4 Å². The molecular weight excluding hydrogens is 392 g/mol. The van der Waals surface area contributed by atoms with E-state index in [1.54, 1.807) is 6.92 Å². The van der Waals surface area contributed by atoms with Crippen molar-refractivity contribution in [2.45, 2.75) is 53.1 Å². The number of carbonyl (C=O) groups excluding carboxylic acids is 3. The van der Waals surface area contributed by atoms with Gasteiger partial charge in [0.1, 0.15) is 12.1 Å². The minimum Gasteiger partial charge on any atom is -0.467 e. The van der Waals surface area contributed by atoms with Gasteiger partial charge in [0.2, 0.25) is 11.8 Å². The van der Waals surface area contributed by atoms with E-state index in [1.165, 1.54) is 7.11 Å². The highest BCUT2D eigenvalue weighted by molar-refractivity contribution is 5.95. The standard InChI is InChI=1S/C25H36N2O4/c1-15(2)14-21(24(29)27-22(25(30)31-8)17(5)16(3)4)26-23(28)19(7)18(6)20-12-10-9-11-13-20/h9-13,15-16,19,21-22H,5-6,14H2,1-4,7-8H3,(H,26,28)(H,27,29)/t19-,21-,22-/m0/s1. The van der Waals surface area contributed by atoms with E-state index in [0.717, 1.165) is 5.56 Å². The average molecular weight is 429 g/mol. The van der Waals surface area contributed by atoms with Gasteiger partial charge >= 0.3 is 5.97 Å². The predicted octanol–water partition coefficient (Wildman–Crippen LogP) is 3.74. The minimum absolute atomic E-state index is 0.0308. The Bertz CT molecular complexity index is 799. The Kier molecular flexibility index (Phi) is 10.2. The molecule has 0 heterocycles. The van der Waals surface area contributed by atoms with Gasteiger partial charge in [-0.25, -0.2) is 4.79 Å². The number of nitrogens with one attached hydrogen (secondary N) is 2. The van der Waals surface area contributed by atoms with Gasteiger partial charge in [0.15, 0.2) is 0 Å². The molecule has 0 bridgehead atoms. The fourth-order valence-electron chi connectivity index (χ4n) is 3.06. The molecular formula is C25H36N2O4. The summed E-state index contributed by atoms with van der Waals surface area (Å²) in [5, 5.41) is 5.54. The maximum Gasteiger partial charge on any atom is 0.332 e. The Morgan fingerprint density at radius 1 is 0.935 bits per heavy atom. The van der Waals surface area contributed by atoms with Crippen molar-refractivity contribution in [2.24, 2.45) is 17.8 Å². The van der Waals surface area contributed by atoms with Crippen LogP contribution in [-0.2, 0) is 19.1 Å². The van der Waals surface area contributed by atoms with E-state index in [0.29, 0.717) is 17.6 Å². The van der Waals surface area contributed by atoms with Crippen molar-refractivity contribution in [1.82, 2.24) is 10.6 Å². The van der Waals surface area contributed by atoms with Crippen molar-refractivity contribution in [2.75, 3.05) is 7.11 Å². The molecule has 0 aromatic heterocycles. The van der Waals surface area contributed by atoms with Crippen LogP contribution in [0.4, 0.5) is 0 Å². The first kappa shape index (κ1) is 26.1. The van der Waals surface area contributed by atoms with E-state index < -0.39 is 29.9 Å². The number of carbonyl (C=O) groups is 3. The van der Waals surface area contributed by atoms with Crippen LogP contribution < -0.4 is 10.6 Å². The lowest BCUT2D eigenvalue weighted by Gasteiger charge is -2.26. The first-order chi connectivity index (χ1) is 14.5. The lowest BCUT2D eigenvalue weighted by Crippen LogP contribution is -2.53. The molecule has 0 aliphatic carbocycles. The molecule has 0 aliphatic rings. The van der Waals surface area contributed by atoms with Crippen LogP contribution in [0.1, 0.15) is 46.6 Å². The molecule has 0 radical (unpaired) electrons. The zero-order valence-corrected chi connectivity index (χ0v) is 19.5. The number of benzene rings is 1. The molecule has 6 nitrogen and oxygen atoms in total. The van der Waals surface area contributed by atoms with E-state index in [1.807, 2.05) is 58.0 Å². The highest BCUT2D eigenvalue weighted by Crippen LogP contribution is 2.22. The summed E-state index contributed by atoms with van der Waals surface area (Å²) < 4.78 is 4.83. The van der Waals surface area contributed by atoms with Gasteiger partial charge in [0.05, 0.1) is 13.0 Å². The third kappa shape index (κ3) is 7.70. The van der Waals surface area contributed by atoms with Crippen LogP contribution in [0, 0.1) is 17.8 Å². The topological polar surface area (TPSA) is 84.5 Å². The molecule has 3 atom stereocenters. The van der Waals surface area contributed by atoms with Gasteiger partial charge in [-0.3, -0.25) is 9.59 Å². The highest BCUT2D eigenvalue weighted by Gasteiger charge is 2.31. The molecule has 31 heavy (non-hydrogen) atoms. The number of ether oxygens (including phenoxy) is 1. The van der Waals surface area contributed by atoms with Gasteiger partial charge in [-0.05, 0) is 41.9 Å². The fraction of sp³-hybridized carbons (Fsp3) is 0.480. The first-order valence-corrected chi connectivity index (χ1v) is 10.6. The zero-order valence-electron chi connectivity index (χ0n) is 19.5. The molecule has 0 spiro atoms. The largest absolute Gasteiger partial charge is 0.467 e. The Hall–Kier alpha value is -2.89. The molecule has 170 valence electrons. The Morgan fingerprint density at radius 2 is 1.52 bits per heavy atom. The number of hydrogen-bond donors (Lipinski definition) is 2. The van der Waals surface area contributed by atoms with E-state index in [2.05, 4.69) is 23.8 Å². The van der Waals surface area contributed by atoms with Crippen LogP contribution in [-0.4, -0.2) is 37.0 Å². The summed E-state index contributed by atoms with van der Waals surface area (Å²) in [5.74, 6) is -1.74. The van der Waals surface area contributed by atoms with Crippen LogP contribution in [0.5, 0.6) is 0 Å². The van der Waals surface area contributed by atoms with Crippen molar-refractivity contribution in [1.29, 1.82) is 0 Å². The quantitative estimate of drug-likeness (QED) is 0.415. The van der Waals surface area contributed by atoms with Crippen molar-refractivity contribution in [3.05, 3.63) is 54.6 Å². The zero-order chi connectivity index (χ0) is 23.7. The second-order valence-electron chi connectivity index (χ2n) is 8.50. The molecule has 1 rings (SSSR count). The highest BCUT2D eigenvalue weighted by atomic mass is 16.5. The number of rotatable bonds is 11. The monoisotopic (exact) mass is 428 g/mol. The molecule has 2 N–H and O–H groups in total. The molecule has 0 unspecified atom stereocenters. The number of hydrogen-bond acceptors (Lipinski definition) is 4. The summed E-state index contributed by atoms with van der Waals surface area (Å²) in [6, 6.07) is 7.68. The van der Waals surface area contributed by atoms with E-state index in [-0.39, 0.29) is 17.7 Å². The average Bonchev–Trinajstić information content (AvgIpc) is 2.74. The van der Waals surface area contributed by atoms with Gasteiger partial charge in [-0.2, -0.15) is 0 Å². The van der Waals surface area contributed by atoms with Crippen molar-refractivity contribution in [3.8, 4) is 0 Å².